The number of rotatable bonds is 3. The first-order chi connectivity index (χ1) is 8.87. The van der Waals surface area contributed by atoms with Crippen LogP contribution in [0.15, 0.2) is 47.4 Å². The van der Waals surface area contributed by atoms with Crippen LogP contribution < -0.4 is 5.73 Å². The maximum absolute atomic E-state index is 13.0. The number of halogens is 2. The van der Waals surface area contributed by atoms with Crippen molar-refractivity contribution >= 4 is 15.5 Å². The van der Waals surface area contributed by atoms with Crippen LogP contribution in [0.5, 0.6) is 0 Å². The highest BCUT2D eigenvalue weighted by molar-refractivity contribution is 7.90. The average molecular weight is 283 g/mol. The van der Waals surface area contributed by atoms with Crippen molar-refractivity contribution in [1.29, 1.82) is 0 Å². The molecule has 0 aliphatic heterocycles. The van der Waals surface area contributed by atoms with Crippen LogP contribution in [0.2, 0.25) is 0 Å². The van der Waals surface area contributed by atoms with Crippen LogP contribution in [0, 0.1) is 11.6 Å². The largest absolute Gasteiger partial charge is 0.399 e. The highest BCUT2D eigenvalue weighted by Gasteiger charge is 2.16. The van der Waals surface area contributed by atoms with Crippen molar-refractivity contribution in [2.75, 3.05) is 5.73 Å². The lowest BCUT2D eigenvalue weighted by Gasteiger charge is -2.06. The molecule has 100 valence electrons. The second-order valence-electron chi connectivity index (χ2n) is 4.11. The van der Waals surface area contributed by atoms with Crippen molar-refractivity contribution in [3.8, 4) is 0 Å². The SMILES string of the molecule is Nc1cccc(S(=O)(=O)Cc2cc(F)cc(F)c2)c1. The molecule has 0 aliphatic rings. The minimum Gasteiger partial charge on any atom is -0.399 e. The van der Waals surface area contributed by atoms with E-state index >= 15 is 0 Å². The molecule has 0 heterocycles. The van der Waals surface area contributed by atoms with E-state index in [1.807, 2.05) is 0 Å². The third kappa shape index (κ3) is 3.29. The first-order valence-electron chi connectivity index (χ1n) is 5.40. The fourth-order valence-electron chi connectivity index (χ4n) is 1.71. The van der Waals surface area contributed by atoms with E-state index in [0.717, 1.165) is 12.1 Å². The summed E-state index contributed by atoms with van der Waals surface area (Å²) in [6, 6.07) is 8.44. The van der Waals surface area contributed by atoms with Crippen LogP contribution in [0.25, 0.3) is 0 Å². The van der Waals surface area contributed by atoms with Gasteiger partial charge in [0, 0.05) is 11.8 Å². The minimum atomic E-state index is -3.68. The Hall–Kier alpha value is -1.95. The van der Waals surface area contributed by atoms with E-state index in [-0.39, 0.29) is 10.5 Å². The quantitative estimate of drug-likeness (QED) is 0.880. The van der Waals surface area contributed by atoms with Gasteiger partial charge in [0.2, 0.25) is 0 Å². The zero-order chi connectivity index (χ0) is 14.0. The predicted octanol–water partition coefficient (Wildman–Crippen LogP) is 2.52. The van der Waals surface area contributed by atoms with Crippen molar-refractivity contribution < 1.29 is 17.2 Å². The van der Waals surface area contributed by atoms with Crippen LogP contribution in [0.3, 0.4) is 0 Å². The van der Waals surface area contributed by atoms with Crippen LogP contribution in [-0.2, 0) is 15.6 Å². The van der Waals surface area contributed by atoms with E-state index in [0.29, 0.717) is 11.8 Å². The highest BCUT2D eigenvalue weighted by atomic mass is 32.2. The van der Waals surface area contributed by atoms with Gasteiger partial charge in [-0.3, -0.25) is 0 Å². The molecule has 2 aromatic rings. The lowest BCUT2D eigenvalue weighted by molar-refractivity contribution is 0.579. The Morgan fingerprint density at radius 3 is 2.21 bits per heavy atom. The van der Waals surface area contributed by atoms with Gasteiger partial charge in [-0.15, -0.1) is 0 Å². The third-order valence-corrected chi connectivity index (χ3v) is 4.18. The van der Waals surface area contributed by atoms with Gasteiger partial charge in [-0.1, -0.05) is 6.07 Å². The average Bonchev–Trinajstić information content (AvgIpc) is 2.26. The molecule has 0 saturated heterocycles. The molecule has 2 rings (SSSR count). The molecule has 0 fully saturated rings. The summed E-state index contributed by atoms with van der Waals surface area (Å²) in [7, 11) is -3.68. The zero-order valence-corrected chi connectivity index (χ0v) is 10.6. The highest BCUT2D eigenvalue weighted by Crippen LogP contribution is 2.19. The van der Waals surface area contributed by atoms with Gasteiger partial charge < -0.3 is 5.73 Å². The molecule has 0 spiro atoms. The lowest BCUT2D eigenvalue weighted by atomic mass is 10.2. The van der Waals surface area contributed by atoms with E-state index in [2.05, 4.69) is 0 Å². The summed E-state index contributed by atoms with van der Waals surface area (Å²) in [4.78, 5) is 0.0252. The van der Waals surface area contributed by atoms with Crippen molar-refractivity contribution in [2.24, 2.45) is 0 Å². The maximum atomic E-state index is 13.0. The molecule has 0 aliphatic carbocycles. The molecule has 0 saturated carbocycles. The zero-order valence-electron chi connectivity index (χ0n) is 9.81. The molecule has 0 unspecified atom stereocenters. The van der Waals surface area contributed by atoms with Crippen LogP contribution in [0.4, 0.5) is 14.5 Å². The molecule has 19 heavy (non-hydrogen) atoms. The lowest BCUT2D eigenvalue weighted by Crippen LogP contribution is -2.06. The van der Waals surface area contributed by atoms with E-state index in [1.54, 1.807) is 6.07 Å². The Labute approximate surface area is 109 Å². The second kappa shape index (κ2) is 4.97. The number of sulfone groups is 1. The number of hydrogen-bond acceptors (Lipinski definition) is 3. The monoisotopic (exact) mass is 283 g/mol. The van der Waals surface area contributed by atoms with E-state index in [9.17, 15) is 17.2 Å². The topological polar surface area (TPSA) is 60.2 Å². The molecule has 6 heteroatoms. The Morgan fingerprint density at radius 2 is 1.63 bits per heavy atom. The fraction of sp³-hybridized carbons (Fsp3) is 0.0769. The second-order valence-corrected chi connectivity index (χ2v) is 6.10. The van der Waals surface area contributed by atoms with Crippen molar-refractivity contribution in [2.45, 2.75) is 10.6 Å². The van der Waals surface area contributed by atoms with Crippen LogP contribution in [0.1, 0.15) is 5.56 Å². The van der Waals surface area contributed by atoms with Gasteiger partial charge in [0.1, 0.15) is 11.6 Å². The summed E-state index contributed by atoms with van der Waals surface area (Å²) in [5.74, 6) is -2.10. The van der Waals surface area contributed by atoms with Crippen LogP contribution in [-0.4, -0.2) is 8.42 Å². The molecule has 0 aromatic heterocycles. The Kier molecular flexibility index (Phi) is 3.53. The van der Waals surface area contributed by atoms with E-state index in [1.165, 1.54) is 18.2 Å². The number of hydrogen-bond donors (Lipinski definition) is 1. The molecule has 0 amide bonds. The number of nitrogens with two attached hydrogens (primary N) is 1. The Balaban J connectivity index is 2.36. The van der Waals surface area contributed by atoms with Crippen LogP contribution >= 0.6 is 0 Å². The van der Waals surface area contributed by atoms with Crippen molar-refractivity contribution in [3.63, 3.8) is 0 Å². The number of benzene rings is 2. The van der Waals surface area contributed by atoms with Gasteiger partial charge in [-0.05, 0) is 35.9 Å². The number of nitrogen functional groups attached to an aromatic ring is 1. The van der Waals surface area contributed by atoms with Gasteiger partial charge in [-0.2, -0.15) is 0 Å². The molecule has 0 radical (unpaired) electrons. The van der Waals surface area contributed by atoms with Gasteiger partial charge in [0.25, 0.3) is 0 Å². The summed E-state index contributed by atoms with van der Waals surface area (Å²) in [5.41, 5.74) is 5.88. The standard InChI is InChI=1S/C13H11F2NO2S/c14-10-4-9(5-11(15)6-10)8-19(17,18)13-3-1-2-12(16)7-13/h1-7H,8,16H2. The third-order valence-electron chi connectivity index (χ3n) is 2.50. The minimum absolute atomic E-state index is 0.0252. The fourth-order valence-corrected chi connectivity index (χ4v) is 3.08. The van der Waals surface area contributed by atoms with Gasteiger partial charge in [0.05, 0.1) is 10.6 Å². The summed E-state index contributed by atoms with van der Waals surface area (Å²) >= 11 is 0. The van der Waals surface area contributed by atoms with E-state index in [4.69, 9.17) is 5.73 Å². The molecule has 0 bridgehead atoms. The maximum Gasteiger partial charge on any atom is 0.182 e. The first-order valence-corrected chi connectivity index (χ1v) is 7.05. The summed E-state index contributed by atoms with van der Waals surface area (Å²) in [6.45, 7) is 0. The smallest absolute Gasteiger partial charge is 0.182 e. The Bertz CT molecular complexity index is 694. The van der Waals surface area contributed by atoms with Gasteiger partial charge >= 0.3 is 0 Å². The molecule has 0 atom stereocenters. The molecule has 2 aromatic carbocycles. The van der Waals surface area contributed by atoms with Gasteiger partial charge in [0.15, 0.2) is 9.84 Å². The molecule has 3 nitrogen and oxygen atoms in total. The first kappa shape index (κ1) is 13.5. The Morgan fingerprint density at radius 1 is 1.00 bits per heavy atom. The molecular weight excluding hydrogens is 272 g/mol. The predicted molar refractivity (Wildman–Crippen MR) is 68.1 cm³/mol. The molecular formula is C13H11F2NO2S. The van der Waals surface area contributed by atoms with Crippen molar-refractivity contribution in [1.82, 2.24) is 0 Å². The normalized spacial score (nSPS) is 11.5. The summed E-state index contributed by atoms with van der Waals surface area (Å²) in [5, 5.41) is 0. The van der Waals surface area contributed by atoms with Crippen molar-refractivity contribution in [3.05, 3.63) is 59.7 Å². The molecule has 2 N–H and O–H groups in total. The summed E-state index contributed by atoms with van der Waals surface area (Å²) < 4.78 is 50.2. The summed E-state index contributed by atoms with van der Waals surface area (Å²) in [6.07, 6.45) is 0. The van der Waals surface area contributed by atoms with Gasteiger partial charge in [-0.25, -0.2) is 17.2 Å². The number of anilines is 1. The van der Waals surface area contributed by atoms with E-state index < -0.39 is 27.2 Å².